The van der Waals surface area contributed by atoms with Crippen LogP contribution in [0, 0.1) is 11.8 Å². The van der Waals surface area contributed by atoms with Crippen LogP contribution in [0.2, 0.25) is 0 Å². The minimum Gasteiger partial charge on any atom is -0.482 e. The van der Waals surface area contributed by atoms with E-state index in [4.69, 9.17) is 14.6 Å². The van der Waals surface area contributed by atoms with Crippen LogP contribution in [0.3, 0.4) is 0 Å². The van der Waals surface area contributed by atoms with E-state index < -0.39 is 5.97 Å². The molecule has 4 heteroatoms. The second-order valence-electron chi connectivity index (χ2n) is 7.45. The molecule has 1 N–H and O–H groups in total. The Kier molecular flexibility index (Phi) is 4.80. The summed E-state index contributed by atoms with van der Waals surface area (Å²) < 4.78 is 12.2. The first-order chi connectivity index (χ1) is 12.2. The van der Waals surface area contributed by atoms with Crippen molar-refractivity contribution in [3.63, 3.8) is 0 Å². The largest absolute Gasteiger partial charge is 0.482 e. The highest BCUT2D eigenvalue weighted by molar-refractivity contribution is 5.68. The van der Waals surface area contributed by atoms with Gasteiger partial charge in [0.05, 0.1) is 12.2 Å². The Balaban J connectivity index is 1.66. The second kappa shape index (κ2) is 7.20. The highest BCUT2D eigenvalue weighted by Gasteiger charge is 2.44. The maximum absolute atomic E-state index is 10.9. The summed E-state index contributed by atoms with van der Waals surface area (Å²) in [6, 6.07) is 7.79. The maximum Gasteiger partial charge on any atom is 0.341 e. The van der Waals surface area contributed by atoms with Crippen molar-refractivity contribution >= 4 is 5.97 Å². The quantitative estimate of drug-likeness (QED) is 0.818. The first-order valence-electron chi connectivity index (χ1n) is 9.53. The van der Waals surface area contributed by atoms with Gasteiger partial charge in [-0.3, -0.25) is 0 Å². The predicted molar refractivity (Wildman–Crippen MR) is 94.6 cm³/mol. The minimum atomic E-state index is -0.954. The second-order valence-corrected chi connectivity index (χ2v) is 7.45. The summed E-state index contributed by atoms with van der Waals surface area (Å²) in [5, 5.41) is 8.95. The number of carbonyl (C=O) groups is 1. The van der Waals surface area contributed by atoms with Crippen molar-refractivity contribution in [1.82, 2.24) is 0 Å². The SMILES string of the molecule is O=C(O)COc1ccccc1[C@@H]1O[C@@H]2CCCC[C@@H]2C2=CCCC[C@H]21. The molecule has 1 saturated carbocycles. The Morgan fingerprint density at radius 3 is 2.80 bits per heavy atom. The van der Waals surface area contributed by atoms with Crippen molar-refractivity contribution in [2.45, 2.75) is 57.2 Å². The van der Waals surface area contributed by atoms with Gasteiger partial charge in [0.1, 0.15) is 5.75 Å². The molecule has 0 spiro atoms. The highest BCUT2D eigenvalue weighted by atomic mass is 16.5. The number of para-hydroxylation sites is 1. The fraction of sp³-hybridized carbons (Fsp3) is 0.571. The molecule has 134 valence electrons. The van der Waals surface area contributed by atoms with E-state index in [9.17, 15) is 4.79 Å². The molecule has 0 radical (unpaired) electrons. The van der Waals surface area contributed by atoms with Gasteiger partial charge in [-0.05, 0) is 38.2 Å². The van der Waals surface area contributed by atoms with E-state index in [1.54, 1.807) is 5.57 Å². The molecule has 0 aromatic heterocycles. The van der Waals surface area contributed by atoms with Gasteiger partial charge >= 0.3 is 5.97 Å². The van der Waals surface area contributed by atoms with Crippen molar-refractivity contribution in [1.29, 1.82) is 0 Å². The fourth-order valence-electron chi connectivity index (χ4n) is 4.88. The lowest BCUT2D eigenvalue weighted by Crippen LogP contribution is -2.41. The number of fused-ring (bicyclic) bond motifs is 3. The van der Waals surface area contributed by atoms with Crippen LogP contribution in [0.15, 0.2) is 35.9 Å². The number of carboxylic acid groups (broad SMARTS) is 1. The number of benzene rings is 1. The Hall–Kier alpha value is -1.81. The molecule has 1 aromatic carbocycles. The molecule has 0 bridgehead atoms. The maximum atomic E-state index is 10.9. The number of allylic oxidation sites excluding steroid dienone is 1. The molecule has 1 aliphatic heterocycles. The third-order valence-electron chi connectivity index (χ3n) is 5.92. The summed E-state index contributed by atoms with van der Waals surface area (Å²) in [6.45, 7) is -0.316. The van der Waals surface area contributed by atoms with E-state index in [-0.39, 0.29) is 12.7 Å². The minimum absolute atomic E-state index is 0.0177. The third kappa shape index (κ3) is 3.32. The average Bonchev–Trinajstić information content (AvgIpc) is 2.66. The zero-order chi connectivity index (χ0) is 17.2. The van der Waals surface area contributed by atoms with Crippen LogP contribution in [-0.2, 0) is 9.53 Å². The zero-order valence-corrected chi connectivity index (χ0v) is 14.5. The molecular formula is C21H26O4. The predicted octanol–water partition coefficient (Wildman–Crippen LogP) is 4.51. The number of aliphatic carboxylic acids is 1. The van der Waals surface area contributed by atoms with Crippen LogP contribution in [0.5, 0.6) is 5.75 Å². The van der Waals surface area contributed by atoms with Gasteiger partial charge < -0.3 is 14.6 Å². The first kappa shape index (κ1) is 16.6. The molecule has 1 heterocycles. The summed E-state index contributed by atoms with van der Waals surface area (Å²) in [4.78, 5) is 10.9. The van der Waals surface area contributed by atoms with Gasteiger partial charge in [0.15, 0.2) is 6.61 Å². The molecular weight excluding hydrogens is 316 g/mol. The van der Waals surface area contributed by atoms with Gasteiger partial charge in [0.25, 0.3) is 0 Å². The Bertz CT molecular complexity index is 666. The molecule has 0 unspecified atom stereocenters. The van der Waals surface area contributed by atoms with Crippen LogP contribution < -0.4 is 4.74 Å². The summed E-state index contributed by atoms with van der Waals surface area (Å²) in [6.07, 6.45) is 11.2. The lowest BCUT2D eigenvalue weighted by molar-refractivity contribution is -0.139. The number of ether oxygens (including phenoxy) is 2. The molecule has 0 amide bonds. The molecule has 1 saturated heterocycles. The van der Waals surface area contributed by atoms with Crippen molar-refractivity contribution in [3.05, 3.63) is 41.5 Å². The van der Waals surface area contributed by atoms with Crippen LogP contribution in [0.25, 0.3) is 0 Å². The van der Waals surface area contributed by atoms with E-state index in [0.717, 1.165) is 18.4 Å². The first-order valence-corrected chi connectivity index (χ1v) is 9.53. The van der Waals surface area contributed by atoms with Gasteiger partial charge in [-0.25, -0.2) is 4.79 Å². The van der Waals surface area contributed by atoms with Crippen LogP contribution in [0.1, 0.15) is 56.6 Å². The summed E-state index contributed by atoms with van der Waals surface area (Å²) >= 11 is 0. The number of rotatable bonds is 4. The summed E-state index contributed by atoms with van der Waals surface area (Å²) in [5.41, 5.74) is 2.60. The van der Waals surface area contributed by atoms with Gasteiger partial charge in [-0.1, -0.05) is 42.7 Å². The van der Waals surface area contributed by atoms with Gasteiger partial charge in [-0.2, -0.15) is 0 Å². The summed E-state index contributed by atoms with van der Waals surface area (Å²) in [7, 11) is 0. The standard InChI is InChI=1S/C21H26O4/c22-20(23)13-24-18-11-5-4-10-17(18)21-16-9-2-1-7-14(16)15-8-3-6-12-19(15)25-21/h4-5,7,10-11,15-16,19,21H,1-3,6,8-9,12-13H2,(H,22,23)/t15-,16-,19-,21-/m1/s1. The molecule has 4 nitrogen and oxygen atoms in total. The van der Waals surface area contributed by atoms with Gasteiger partial charge in [0, 0.05) is 17.4 Å². The van der Waals surface area contributed by atoms with E-state index in [1.165, 1.54) is 32.1 Å². The van der Waals surface area contributed by atoms with Gasteiger partial charge in [0.2, 0.25) is 0 Å². The van der Waals surface area contributed by atoms with E-state index >= 15 is 0 Å². The molecule has 4 atom stereocenters. The van der Waals surface area contributed by atoms with Crippen molar-refractivity contribution in [2.24, 2.45) is 11.8 Å². The monoisotopic (exact) mass is 342 g/mol. The van der Waals surface area contributed by atoms with Crippen LogP contribution >= 0.6 is 0 Å². The van der Waals surface area contributed by atoms with E-state index in [0.29, 0.717) is 23.7 Å². The number of carboxylic acids is 1. The number of hydrogen-bond acceptors (Lipinski definition) is 3. The van der Waals surface area contributed by atoms with E-state index in [2.05, 4.69) is 6.08 Å². The Morgan fingerprint density at radius 2 is 1.92 bits per heavy atom. The van der Waals surface area contributed by atoms with Crippen LogP contribution in [-0.4, -0.2) is 23.8 Å². The third-order valence-corrected chi connectivity index (χ3v) is 5.92. The highest BCUT2D eigenvalue weighted by Crippen LogP contribution is 2.52. The van der Waals surface area contributed by atoms with Crippen LogP contribution in [0.4, 0.5) is 0 Å². The van der Waals surface area contributed by atoms with Crippen molar-refractivity contribution in [2.75, 3.05) is 6.61 Å². The Morgan fingerprint density at radius 1 is 1.12 bits per heavy atom. The van der Waals surface area contributed by atoms with Gasteiger partial charge in [-0.15, -0.1) is 0 Å². The molecule has 25 heavy (non-hydrogen) atoms. The smallest absolute Gasteiger partial charge is 0.341 e. The van der Waals surface area contributed by atoms with Crippen molar-refractivity contribution in [3.8, 4) is 5.75 Å². The lowest BCUT2D eigenvalue weighted by atomic mass is 9.68. The molecule has 4 rings (SSSR count). The molecule has 2 aliphatic carbocycles. The normalized spacial score (nSPS) is 31.4. The topological polar surface area (TPSA) is 55.8 Å². The molecule has 2 fully saturated rings. The summed E-state index contributed by atoms with van der Waals surface area (Å²) in [5.74, 6) is 0.684. The fourth-order valence-corrected chi connectivity index (χ4v) is 4.88. The lowest BCUT2D eigenvalue weighted by Gasteiger charge is -2.47. The van der Waals surface area contributed by atoms with Crippen molar-refractivity contribution < 1.29 is 19.4 Å². The Labute approximate surface area is 148 Å². The number of hydrogen-bond donors (Lipinski definition) is 1. The zero-order valence-electron chi connectivity index (χ0n) is 14.5. The molecule has 3 aliphatic rings. The molecule has 1 aromatic rings. The average molecular weight is 342 g/mol. The van der Waals surface area contributed by atoms with E-state index in [1.807, 2.05) is 24.3 Å².